The summed E-state index contributed by atoms with van der Waals surface area (Å²) in [5, 5.41) is 0. The molecule has 2 fully saturated rings. The van der Waals surface area contributed by atoms with E-state index in [9.17, 15) is 9.59 Å². The SMILES string of the molecule is NCCCN1C(=O)CC2(CCCCCC2)C1=O. The lowest BCUT2D eigenvalue weighted by atomic mass is 9.79. The topological polar surface area (TPSA) is 63.4 Å². The number of likely N-dealkylation sites (tertiary alicyclic amines) is 1. The standard InChI is InChI=1S/C13H22N2O2/c14-8-5-9-15-11(16)10-13(12(15)17)6-3-1-2-4-7-13/h1-10,14H2. The summed E-state index contributed by atoms with van der Waals surface area (Å²) in [6, 6.07) is 0. The Kier molecular flexibility index (Phi) is 3.82. The fraction of sp³-hybridized carbons (Fsp3) is 0.846. The molecule has 4 heteroatoms. The summed E-state index contributed by atoms with van der Waals surface area (Å²) >= 11 is 0. The molecule has 1 heterocycles. The Hall–Kier alpha value is -0.900. The molecular formula is C13H22N2O2. The highest BCUT2D eigenvalue weighted by atomic mass is 16.2. The van der Waals surface area contributed by atoms with Crippen molar-refractivity contribution in [1.29, 1.82) is 0 Å². The first-order valence-electron chi connectivity index (χ1n) is 6.74. The molecule has 0 unspecified atom stereocenters. The van der Waals surface area contributed by atoms with E-state index in [0.29, 0.717) is 25.9 Å². The quantitative estimate of drug-likeness (QED) is 0.757. The largest absolute Gasteiger partial charge is 0.330 e. The third kappa shape index (κ3) is 2.37. The van der Waals surface area contributed by atoms with Crippen LogP contribution in [0.15, 0.2) is 0 Å². The van der Waals surface area contributed by atoms with Crippen LogP contribution in [0.1, 0.15) is 51.4 Å². The number of nitrogens with two attached hydrogens (primary N) is 1. The minimum absolute atomic E-state index is 0.0188. The smallest absolute Gasteiger partial charge is 0.235 e. The molecule has 1 spiro atoms. The summed E-state index contributed by atoms with van der Waals surface area (Å²) in [5.74, 6) is 0.100. The maximum Gasteiger partial charge on any atom is 0.235 e. The van der Waals surface area contributed by atoms with Crippen LogP contribution < -0.4 is 5.73 Å². The molecule has 2 rings (SSSR count). The van der Waals surface area contributed by atoms with Gasteiger partial charge in [-0.2, -0.15) is 0 Å². The van der Waals surface area contributed by atoms with Gasteiger partial charge in [0.05, 0.1) is 5.41 Å². The number of rotatable bonds is 3. The van der Waals surface area contributed by atoms with Crippen molar-refractivity contribution in [1.82, 2.24) is 4.90 Å². The Balaban J connectivity index is 2.10. The second kappa shape index (κ2) is 5.17. The average molecular weight is 238 g/mol. The zero-order chi connectivity index (χ0) is 12.3. The van der Waals surface area contributed by atoms with Gasteiger partial charge in [0, 0.05) is 13.0 Å². The monoisotopic (exact) mass is 238 g/mol. The minimum atomic E-state index is -0.345. The van der Waals surface area contributed by atoms with E-state index in [1.807, 2.05) is 0 Å². The zero-order valence-electron chi connectivity index (χ0n) is 10.4. The van der Waals surface area contributed by atoms with Crippen LogP contribution in [0.2, 0.25) is 0 Å². The molecule has 1 aliphatic carbocycles. The zero-order valence-corrected chi connectivity index (χ0v) is 10.4. The van der Waals surface area contributed by atoms with Crippen LogP contribution >= 0.6 is 0 Å². The second-order valence-electron chi connectivity index (χ2n) is 5.36. The summed E-state index contributed by atoms with van der Waals surface area (Å²) < 4.78 is 0. The van der Waals surface area contributed by atoms with Gasteiger partial charge in [-0.05, 0) is 25.8 Å². The van der Waals surface area contributed by atoms with E-state index in [0.717, 1.165) is 25.7 Å². The summed E-state index contributed by atoms with van der Waals surface area (Å²) in [6.45, 7) is 1.04. The van der Waals surface area contributed by atoms with Crippen LogP contribution in [0, 0.1) is 5.41 Å². The van der Waals surface area contributed by atoms with E-state index in [1.54, 1.807) is 0 Å². The summed E-state index contributed by atoms with van der Waals surface area (Å²) in [5.41, 5.74) is 5.10. The van der Waals surface area contributed by atoms with Gasteiger partial charge in [0.25, 0.3) is 0 Å². The Bertz CT molecular complexity index is 307. The number of hydrogen-bond acceptors (Lipinski definition) is 3. The van der Waals surface area contributed by atoms with Gasteiger partial charge < -0.3 is 5.73 Å². The van der Waals surface area contributed by atoms with Crippen molar-refractivity contribution in [2.75, 3.05) is 13.1 Å². The van der Waals surface area contributed by atoms with Gasteiger partial charge in [-0.15, -0.1) is 0 Å². The molecule has 1 saturated heterocycles. The molecule has 0 atom stereocenters. The number of nitrogens with zero attached hydrogens (tertiary/aromatic N) is 1. The van der Waals surface area contributed by atoms with E-state index in [-0.39, 0.29) is 17.2 Å². The number of amides is 2. The first-order valence-corrected chi connectivity index (χ1v) is 6.74. The highest BCUT2D eigenvalue weighted by molar-refractivity contribution is 6.05. The Morgan fingerprint density at radius 3 is 2.35 bits per heavy atom. The van der Waals surface area contributed by atoms with E-state index >= 15 is 0 Å². The number of carbonyl (C=O) groups excluding carboxylic acids is 2. The predicted molar refractivity (Wildman–Crippen MR) is 65.1 cm³/mol. The lowest BCUT2D eigenvalue weighted by Crippen LogP contribution is -2.36. The summed E-state index contributed by atoms with van der Waals surface area (Å²) in [6.07, 6.45) is 7.53. The molecule has 1 saturated carbocycles. The first-order chi connectivity index (χ1) is 8.19. The molecule has 2 aliphatic rings. The molecule has 0 bridgehead atoms. The molecule has 0 aromatic rings. The van der Waals surface area contributed by atoms with Crippen LogP contribution in [-0.4, -0.2) is 29.8 Å². The highest BCUT2D eigenvalue weighted by Gasteiger charge is 2.50. The maximum absolute atomic E-state index is 12.4. The lowest BCUT2D eigenvalue weighted by Gasteiger charge is -2.24. The van der Waals surface area contributed by atoms with E-state index < -0.39 is 0 Å². The van der Waals surface area contributed by atoms with E-state index in [1.165, 1.54) is 17.7 Å². The molecular weight excluding hydrogens is 216 g/mol. The van der Waals surface area contributed by atoms with Crippen molar-refractivity contribution in [2.24, 2.45) is 11.1 Å². The Morgan fingerprint density at radius 2 is 1.76 bits per heavy atom. The van der Waals surface area contributed by atoms with Gasteiger partial charge in [-0.25, -0.2) is 0 Å². The number of carbonyl (C=O) groups is 2. The highest BCUT2D eigenvalue weighted by Crippen LogP contribution is 2.44. The first kappa shape index (κ1) is 12.6. The van der Waals surface area contributed by atoms with Crippen molar-refractivity contribution in [3.63, 3.8) is 0 Å². The molecule has 96 valence electrons. The van der Waals surface area contributed by atoms with Crippen molar-refractivity contribution in [3.8, 4) is 0 Å². The third-order valence-electron chi connectivity index (χ3n) is 4.14. The maximum atomic E-state index is 12.4. The van der Waals surface area contributed by atoms with Gasteiger partial charge in [0.2, 0.25) is 11.8 Å². The minimum Gasteiger partial charge on any atom is -0.330 e. The molecule has 2 N–H and O–H groups in total. The van der Waals surface area contributed by atoms with Crippen LogP contribution in [0.25, 0.3) is 0 Å². The van der Waals surface area contributed by atoms with Gasteiger partial charge in [-0.1, -0.05) is 25.7 Å². The molecule has 0 aromatic heterocycles. The van der Waals surface area contributed by atoms with Crippen LogP contribution in [-0.2, 0) is 9.59 Å². The fourth-order valence-corrected chi connectivity index (χ4v) is 3.13. The van der Waals surface area contributed by atoms with E-state index in [4.69, 9.17) is 5.73 Å². The van der Waals surface area contributed by atoms with Crippen LogP contribution in [0.4, 0.5) is 0 Å². The second-order valence-corrected chi connectivity index (χ2v) is 5.36. The van der Waals surface area contributed by atoms with Gasteiger partial charge in [0.15, 0.2) is 0 Å². The van der Waals surface area contributed by atoms with Crippen molar-refractivity contribution >= 4 is 11.8 Å². The number of imide groups is 1. The molecule has 1 aliphatic heterocycles. The Labute approximate surface area is 103 Å². The molecule has 4 nitrogen and oxygen atoms in total. The van der Waals surface area contributed by atoms with Crippen molar-refractivity contribution in [2.45, 2.75) is 51.4 Å². The third-order valence-corrected chi connectivity index (χ3v) is 4.14. The predicted octanol–water partition coefficient (Wildman–Crippen LogP) is 1.43. The lowest BCUT2D eigenvalue weighted by molar-refractivity contribution is -0.141. The van der Waals surface area contributed by atoms with Gasteiger partial charge in [-0.3, -0.25) is 14.5 Å². The average Bonchev–Trinajstić information content (AvgIpc) is 2.50. The Morgan fingerprint density at radius 1 is 1.12 bits per heavy atom. The molecule has 0 aromatic carbocycles. The van der Waals surface area contributed by atoms with Crippen molar-refractivity contribution < 1.29 is 9.59 Å². The van der Waals surface area contributed by atoms with Gasteiger partial charge >= 0.3 is 0 Å². The van der Waals surface area contributed by atoms with Crippen LogP contribution in [0.3, 0.4) is 0 Å². The molecule has 2 amide bonds. The van der Waals surface area contributed by atoms with Crippen molar-refractivity contribution in [3.05, 3.63) is 0 Å². The fourth-order valence-electron chi connectivity index (χ4n) is 3.13. The summed E-state index contributed by atoms with van der Waals surface area (Å²) in [7, 11) is 0. The molecule has 0 radical (unpaired) electrons. The van der Waals surface area contributed by atoms with E-state index in [2.05, 4.69) is 0 Å². The van der Waals surface area contributed by atoms with Crippen LogP contribution in [0.5, 0.6) is 0 Å². The van der Waals surface area contributed by atoms with Gasteiger partial charge in [0.1, 0.15) is 0 Å². The normalized spacial score (nSPS) is 24.4. The summed E-state index contributed by atoms with van der Waals surface area (Å²) in [4.78, 5) is 25.8. The molecule has 17 heavy (non-hydrogen) atoms. The number of hydrogen-bond donors (Lipinski definition) is 1.